The van der Waals surface area contributed by atoms with Crippen LogP contribution in [0, 0.1) is 11.8 Å². The van der Waals surface area contributed by atoms with E-state index >= 15 is 0 Å². The molecule has 118 valence electrons. The van der Waals surface area contributed by atoms with Crippen LogP contribution >= 0.6 is 0 Å². The van der Waals surface area contributed by atoms with E-state index in [0.717, 1.165) is 36.7 Å². The molecule has 0 aliphatic carbocycles. The third-order valence-electron chi connectivity index (χ3n) is 4.43. The highest BCUT2D eigenvalue weighted by Crippen LogP contribution is 2.25. The van der Waals surface area contributed by atoms with E-state index in [1.165, 1.54) is 12.8 Å². The van der Waals surface area contributed by atoms with Crippen LogP contribution in [0.2, 0.25) is 0 Å². The molecule has 1 N–H and O–H groups in total. The molecule has 1 aliphatic rings. The maximum absolute atomic E-state index is 5.43. The molecule has 0 amide bonds. The Morgan fingerprint density at radius 1 is 1.45 bits per heavy atom. The van der Waals surface area contributed by atoms with Crippen molar-refractivity contribution in [3.63, 3.8) is 0 Å². The molecule has 1 saturated heterocycles. The first-order valence-electron chi connectivity index (χ1n) is 7.94. The van der Waals surface area contributed by atoms with Gasteiger partial charge in [0, 0.05) is 12.0 Å². The lowest BCUT2D eigenvalue weighted by molar-refractivity contribution is 0.257. The molecule has 3 rings (SSSR count). The van der Waals surface area contributed by atoms with Crippen molar-refractivity contribution in [2.75, 3.05) is 20.2 Å². The molecule has 0 radical (unpaired) electrons. The first-order valence-corrected chi connectivity index (χ1v) is 7.94. The number of hydrogen-bond acceptors (Lipinski definition) is 5. The smallest absolute Gasteiger partial charge is 0.227 e. The van der Waals surface area contributed by atoms with Gasteiger partial charge < -0.3 is 14.6 Å². The van der Waals surface area contributed by atoms with Crippen LogP contribution in [-0.4, -0.2) is 30.3 Å². The van der Waals surface area contributed by atoms with Crippen molar-refractivity contribution in [1.82, 2.24) is 15.5 Å². The number of methoxy groups -OCH3 is 1. The van der Waals surface area contributed by atoms with Gasteiger partial charge in [-0.05, 0) is 49.9 Å². The van der Waals surface area contributed by atoms with Crippen molar-refractivity contribution in [1.29, 1.82) is 0 Å². The second-order valence-electron chi connectivity index (χ2n) is 6.03. The van der Waals surface area contributed by atoms with Crippen molar-refractivity contribution in [2.45, 2.75) is 26.2 Å². The van der Waals surface area contributed by atoms with Gasteiger partial charge in [0.15, 0.2) is 0 Å². The Morgan fingerprint density at radius 3 is 3.14 bits per heavy atom. The Balaban J connectivity index is 1.67. The number of ether oxygens (including phenoxy) is 1. The highest BCUT2D eigenvalue weighted by atomic mass is 16.5. The molecule has 2 atom stereocenters. The number of hydrogen-bond donors (Lipinski definition) is 1. The molecular weight excluding hydrogens is 278 g/mol. The zero-order chi connectivity index (χ0) is 15.4. The third kappa shape index (κ3) is 3.47. The molecule has 2 heterocycles. The fraction of sp³-hybridized carbons (Fsp3) is 0.529. The summed E-state index contributed by atoms with van der Waals surface area (Å²) in [5, 5.41) is 7.57. The second-order valence-corrected chi connectivity index (χ2v) is 6.03. The van der Waals surface area contributed by atoms with E-state index in [2.05, 4.69) is 22.4 Å². The molecule has 0 spiro atoms. The van der Waals surface area contributed by atoms with Crippen LogP contribution in [-0.2, 0) is 6.42 Å². The van der Waals surface area contributed by atoms with Crippen LogP contribution in [0.5, 0.6) is 5.75 Å². The topological polar surface area (TPSA) is 60.2 Å². The minimum absolute atomic E-state index is 0.548. The average molecular weight is 301 g/mol. The van der Waals surface area contributed by atoms with Gasteiger partial charge in [0.2, 0.25) is 11.7 Å². The second kappa shape index (κ2) is 6.92. The Bertz CT molecular complexity index is 605. The quantitative estimate of drug-likeness (QED) is 0.920. The van der Waals surface area contributed by atoms with E-state index < -0.39 is 0 Å². The molecule has 1 fully saturated rings. The van der Waals surface area contributed by atoms with Gasteiger partial charge in [0.1, 0.15) is 5.75 Å². The van der Waals surface area contributed by atoms with E-state index in [4.69, 9.17) is 9.26 Å². The molecule has 1 aromatic carbocycles. The minimum Gasteiger partial charge on any atom is -0.497 e. The molecule has 5 nitrogen and oxygen atoms in total. The van der Waals surface area contributed by atoms with E-state index in [1.807, 2.05) is 24.3 Å². The SMILES string of the molecule is COc1cccc(-c2noc(CC(C)C3CCCNC3)n2)c1. The van der Waals surface area contributed by atoms with Crippen LogP contribution in [0.4, 0.5) is 0 Å². The summed E-state index contributed by atoms with van der Waals surface area (Å²) in [6.07, 6.45) is 3.38. The lowest BCUT2D eigenvalue weighted by Gasteiger charge is -2.27. The van der Waals surface area contributed by atoms with Gasteiger partial charge in [-0.2, -0.15) is 4.98 Å². The van der Waals surface area contributed by atoms with Gasteiger partial charge in [-0.25, -0.2) is 0 Å². The average Bonchev–Trinajstić information content (AvgIpc) is 3.04. The number of nitrogens with one attached hydrogen (secondary N) is 1. The summed E-state index contributed by atoms with van der Waals surface area (Å²) in [5.74, 6) is 3.39. The highest BCUT2D eigenvalue weighted by Gasteiger charge is 2.22. The first kappa shape index (κ1) is 15.0. The monoisotopic (exact) mass is 301 g/mol. The number of nitrogens with zero attached hydrogens (tertiary/aromatic N) is 2. The largest absolute Gasteiger partial charge is 0.497 e. The zero-order valence-electron chi connectivity index (χ0n) is 13.2. The maximum Gasteiger partial charge on any atom is 0.227 e. The Kier molecular flexibility index (Phi) is 4.73. The van der Waals surface area contributed by atoms with E-state index in [-0.39, 0.29) is 0 Å². The van der Waals surface area contributed by atoms with Crippen molar-refractivity contribution in [3.8, 4) is 17.1 Å². The van der Waals surface area contributed by atoms with Crippen LogP contribution < -0.4 is 10.1 Å². The van der Waals surface area contributed by atoms with E-state index in [1.54, 1.807) is 7.11 Å². The lowest BCUT2D eigenvalue weighted by atomic mass is 9.85. The summed E-state index contributed by atoms with van der Waals surface area (Å²) in [6.45, 7) is 4.51. The van der Waals surface area contributed by atoms with Crippen molar-refractivity contribution >= 4 is 0 Å². The predicted octanol–water partition coefficient (Wildman–Crippen LogP) is 2.92. The molecule has 2 aromatic rings. The number of piperidine rings is 1. The minimum atomic E-state index is 0.548. The molecule has 22 heavy (non-hydrogen) atoms. The van der Waals surface area contributed by atoms with Crippen molar-refractivity contribution < 1.29 is 9.26 Å². The maximum atomic E-state index is 5.43. The third-order valence-corrected chi connectivity index (χ3v) is 4.43. The molecule has 0 saturated carbocycles. The number of aromatic nitrogens is 2. The Labute approximate surface area is 131 Å². The first-order chi connectivity index (χ1) is 10.8. The Hall–Kier alpha value is -1.88. The van der Waals surface area contributed by atoms with Crippen molar-refractivity contribution in [2.24, 2.45) is 11.8 Å². The summed E-state index contributed by atoms with van der Waals surface area (Å²) in [7, 11) is 1.65. The summed E-state index contributed by atoms with van der Waals surface area (Å²) in [5.41, 5.74) is 0.918. The van der Waals surface area contributed by atoms with E-state index in [9.17, 15) is 0 Å². The fourth-order valence-electron chi connectivity index (χ4n) is 3.02. The van der Waals surface area contributed by atoms with Crippen LogP contribution in [0.25, 0.3) is 11.4 Å². The van der Waals surface area contributed by atoms with Gasteiger partial charge in [0.05, 0.1) is 7.11 Å². The van der Waals surface area contributed by atoms with Gasteiger partial charge in [-0.15, -0.1) is 0 Å². The van der Waals surface area contributed by atoms with Gasteiger partial charge in [-0.1, -0.05) is 24.2 Å². The van der Waals surface area contributed by atoms with Gasteiger partial charge in [-0.3, -0.25) is 0 Å². The number of rotatable bonds is 5. The highest BCUT2D eigenvalue weighted by molar-refractivity contribution is 5.56. The molecule has 2 unspecified atom stereocenters. The summed E-state index contributed by atoms with van der Waals surface area (Å²) < 4.78 is 10.7. The zero-order valence-corrected chi connectivity index (χ0v) is 13.2. The summed E-state index contributed by atoms with van der Waals surface area (Å²) in [4.78, 5) is 4.54. The lowest BCUT2D eigenvalue weighted by Crippen LogP contribution is -2.33. The fourth-order valence-corrected chi connectivity index (χ4v) is 3.02. The van der Waals surface area contributed by atoms with Gasteiger partial charge >= 0.3 is 0 Å². The van der Waals surface area contributed by atoms with Crippen LogP contribution in [0.1, 0.15) is 25.7 Å². The number of benzene rings is 1. The normalized spacial score (nSPS) is 19.8. The van der Waals surface area contributed by atoms with Gasteiger partial charge in [0.25, 0.3) is 0 Å². The van der Waals surface area contributed by atoms with E-state index in [0.29, 0.717) is 17.7 Å². The summed E-state index contributed by atoms with van der Waals surface area (Å²) in [6, 6.07) is 7.72. The van der Waals surface area contributed by atoms with Crippen molar-refractivity contribution in [3.05, 3.63) is 30.2 Å². The summed E-state index contributed by atoms with van der Waals surface area (Å²) >= 11 is 0. The standard InChI is InChI=1S/C17H23N3O2/c1-12(14-6-4-8-18-11-14)9-16-19-17(20-22-16)13-5-3-7-15(10-13)21-2/h3,5,7,10,12,14,18H,4,6,8-9,11H2,1-2H3. The van der Waals surface area contributed by atoms with Crippen LogP contribution in [0.15, 0.2) is 28.8 Å². The van der Waals surface area contributed by atoms with Crippen LogP contribution in [0.3, 0.4) is 0 Å². The molecule has 5 heteroatoms. The Morgan fingerprint density at radius 2 is 2.36 bits per heavy atom. The molecule has 0 bridgehead atoms. The molecular formula is C17H23N3O2. The predicted molar refractivity (Wildman–Crippen MR) is 84.7 cm³/mol. The molecule has 1 aliphatic heterocycles. The molecule has 1 aromatic heterocycles.